The predicted molar refractivity (Wildman–Crippen MR) is 54.0 cm³/mol. The minimum absolute atomic E-state index is 0.0260. The van der Waals surface area contributed by atoms with E-state index in [1.807, 2.05) is 0 Å². The Labute approximate surface area is 91.4 Å². The molecule has 86 valence electrons. The van der Waals surface area contributed by atoms with Crippen LogP contribution >= 0.6 is 0 Å². The van der Waals surface area contributed by atoms with E-state index < -0.39 is 17.7 Å². The van der Waals surface area contributed by atoms with Crippen molar-refractivity contribution in [2.45, 2.75) is 18.9 Å². The van der Waals surface area contributed by atoms with Gasteiger partial charge in [-0.3, -0.25) is 4.79 Å². The molecule has 1 aromatic rings. The minimum atomic E-state index is -0.786. The third-order valence-electron chi connectivity index (χ3n) is 2.41. The lowest BCUT2D eigenvalue weighted by Gasteiger charge is -2.10. The van der Waals surface area contributed by atoms with Gasteiger partial charge in [-0.2, -0.15) is 0 Å². The van der Waals surface area contributed by atoms with Gasteiger partial charge in [0.05, 0.1) is 5.69 Å². The maximum Gasteiger partial charge on any atom is 0.253 e. The Bertz CT molecular complexity index is 403. The van der Waals surface area contributed by atoms with Gasteiger partial charge in [0.1, 0.15) is 17.7 Å². The molecular weight excluding hydrogens is 216 g/mol. The van der Waals surface area contributed by atoms with E-state index in [9.17, 15) is 13.6 Å². The van der Waals surface area contributed by atoms with Crippen molar-refractivity contribution < 1.29 is 18.3 Å². The molecule has 1 aliphatic rings. The van der Waals surface area contributed by atoms with Crippen molar-refractivity contribution in [1.82, 2.24) is 0 Å². The Morgan fingerprint density at radius 3 is 2.88 bits per heavy atom. The maximum absolute atomic E-state index is 13.2. The number of hydrogen-bond donors (Lipinski definition) is 1. The first-order valence-electron chi connectivity index (χ1n) is 5.04. The molecule has 1 fully saturated rings. The van der Waals surface area contributed by atoms with Gasteiger partial charge in [0.2, 0.25) is 0 Å². The van der Waals surface area contributed by atoms with E-state index in [1.165, 1.54) is 6.07 Å². The van der Waals surface area contributed by atoms with Crippen molar-refractivity contribution in [2.24, 2.45) is 0 Å². The van der Waals surface area contributed by atoms with Crippen LogP contribution in [0.4, 0.5) is 14.5 Å². The van der Waals surface area contributed by atoms with Gasteiger partial charge in [-0.05, 0) is 25.0 Å². The van der Waals surface area contributed by atoms with Crippen LogP contribution in [-0.2, 0) is 9.53 Å². The summed E-state index contributed by atoms with van der Waals surface area (Å²) < 4.78 is 31.0. The van der Waals surface area contributed by atoms with Gasteiger partial charge in [-0.15, -0.1) is 0 Å². The third-order valence-corrected chi connectivity index (χ3v) is 2.41. The zero-order valence-corrected chi connectivity index (χ0v) is 8.50. The molecule has 1 amide bonds. The zero-order valence-electron chi connectivity index (χ0n) is 8.50. The summed E-state index contributed by atoms with van der Waals surface area (Å²) in [6, 6.07) is 3.01. The van der Waals surface area contributed by atoms with Crippen LogP contribution in [0.2, 0.25) is 0 Å². The molecule has 1 aromatic carbocycles. The molecule has 0 bridgehead atoms. The average Bonchev–Trinajstić information content (AvgIpc) is 2.75. The van der Waals surface area contributed by atoms with Crippen molar-refractivity contribution in [3.8, 4) is 0 Å². The predicted octanol–water partition coefficient (Wildman–Crippen LogP) is 2.08. The molecule has 1 N–H and O–H groups in total. The van der Waals surface area contributed by atoms with Crippen LogP contribution in [0.3, 0.4) is 0 Å². The molecular formula is C11H11F2NO2. The largest absolute Gasteiger partial charge is 0.368 e. The number of amides is 1. The molecule has 0 saturated carbocycles. The molecule has 16 heavy (non-hydrogen) atoms. The quantitative estimate of drug-likeness (QED) is 0.840. The highest BCUT2D eigenvalue weighted by molar-refractivity contribution is 5.94. The second-order valence-electron chi connectivity index (χ2n) is 3.62. The number of hydrogen-bond acceptors (Lipinski definition) is 2. The van der Waals surface area contributed by atoms with Gasteiger partial charge >= 0.3 is 0 Å². The molecule has 0 spiro atoms. The summed E-state index contributed by atoms with van der Waals surface area (Å²) in [6.45, 7) is 0.546. The topological polar surface area (TPSA) is 38.3 Å². The lowest BCUT2D eigenvalue weighted by atomic mass is 10.2. The number of halogens is 2. The van der Waals surface area contributed by atoms with Crippen LogP contribution in [0.1, 0.15) is 12.8 Å². The lowest BCUT2D eigenvalue weighted by Crippen LogP contribution is -2.27. The molecule has 0 aromatic heterocycles. The summed E-state index contributed by atoms with van der Waals surface area (Å²) in [5.41, 5.74) is -0.0260. The van der Waals surface area contributed by atoms with Gasteiger partial charge in [-0.1, -0.05) is 0 Å². The van der Waals surface area contributed by atoms with Crippen LogP contribution < -0.4 is 5.32 Å². The minimum Gasteiger partial charge on any atom is -0.368 e. The van der Waals surface area contributed by atoms with Crippen molar-refractivity contribution in [1.29, 1.82) is 0 Å². The molecule has 1 aliphatic heterocycles. The van der Waals surface area contributed by atoms with E-state index in [0.717, 1.165) is 18.6 Å². The average molecular weight is 227 g/mol. The first-order chi connectivity index (χ1) is 7.66. The smallest absolute Gasteiger partial charge is 0.253 e. The van der Waals surface area contributed by atoms with E-state index in [1.54, 1.807) is 0 Å². The molecule has 0 radical (unpaired) electrons. The Hall–Kier alpha value is -1.49. The standard InChI is InChI=1S/C11H11F2NO2/c12-7-3-4-9(8(13)6-7)14-11(15)10-2-1-5-16-10/h3-4,6,10H,1-2,5H2,(H,14,15). The highest BCUT2D eigenvalue weighted by atomic mass is 19.1. The van der Waals surface area contributed by atoms with Gasteiger partial charge in [0, 0.05) is 12.7 Å². The molecule has 5 heteroatoms. The maximum atomic E-state index is 13.2. The highest BCUT2D eigenvalue weighted by Crippen LogP contribution is 2.18. The normalized spacial score (nSPS) is 19.8. The van der Waals surface area contributed by atoms with Gasteiger partial charge in [0.15, 0.2) is 0 Å². The second-order valence-corrected chi connectivity index (χ2v) is 3.62. The Kier molecular flexibility index (Phi) is 3.14. The number of ether oxygens (including phenoxy) is 1. The number of benzene rings is 1. The summed E-state index contributed by atoms with van der Waals surface area (Å²) >= 11 is 0. The molecule has 3 nitrogen and oxygen atoms in total. The fourth-order valence-electron chi connectivity index (χ4n) is 1.59. The van der Waals surface area contributed by atoms with Gasteiger partial charge in [0.25, 0.3) is 5.91 Å². The molecule has 1 atom stereocenters. The summed E-state index contributed by atoms with van der Waals surface area (Å²) in [7, 11) is 0. The van der Waals surface area contributed by atoms with Gasteiger partial charge < -0.3 is 10.1 Å². The van der Waals surface area contributed by atoms with E-state index in [-0.39, 0.29) is 11.6 Å². The molecule has 2 rings (SSSR count). The van der Waals surface area contributed by atoms with E-state index in [2.05, 4.69) is 5.32 Å². The van der Waals surface area contributed by atoms with Crippen LogP contribution in [0.25, 0.3) is 0 Å². The van der Waals surface area contributed by atoms with Crippen LogP contribution in [0, 0.1) is 11.6 Å². The molecule has 1 unspecified atom stereocenters. The Morgan fingerprint density at radius 1 is 1.44 bits per heavy atom. The SMILES string of the molecule is O=C(Nc1ccc(F)cc1F)C1CCCO1. The summed E-state index contributed by atoms with van der Waals surface area (Å²) in [5, 5.41) is 2.37. The van der Waals surface area contributed by atoms with Crippen LogP contribution in [-0.4, -0.2) is 18.6 Å². The summed E-state index contributed by atoms with van der Waals surface area (Å²) in [5.74, 6) is -1.85. The van der Waals surface area contributed by atoms with Crippen molar-refractivity contribution in [2.75, 3.05) is 11.9 Å². The fourth-order valence-corrected chi connectivity index (χ4v) is 1.59. The van der Waals surface area contributed by atoms with Crippen LogP contribution in [0.15, 0.2) is 18.2 Å². The third kappa shape index (κ3) is 2.36. The van der Waals surface area contributed by atoms with Crippen molar-refractivity contribution in [3.05, 3.63) is 29.8 Å². The van der Waals surface area contributed by atoms with Crippen molar-refractivity contribution >= 4 is 11.6 Å². The first kappa shape index (κ1) is 11.0. The number of nitrogens with one attached hydrogen (secondary N) is 1. The Morgan fingerprint density at radius 2 is 2.25 bits per heavy atom. The zero-order chi connectivity index (χ0) is 11.5. The second kappa shape index (κ2) is 4.57. The van der Waals surface area contributed by atoms with Crippen molar-refractivity contribution in [3.63, 3.8) is 0 Å². The summed E-state index contributed by atoms with van der Waals surface area (Å²) in [6.07, 6.45) is 0.933. The highest BCUT2D eigenvalue weighted by Gasteiger charge is 2.24. The Balaban J connectivity index is 2.05. The molecule has 1 heterocycles. The molecule has 1 saturated heterocycles. The number of anilines is 1. The fraction of sp³-hybridized carbons (Fsp3) is 0.364. The monoisotopic (exact) mass is 227 g/mol. The number of rotatable bonds is 2. The van der Waals surface area contributed by atoms with E-state index >= 15 is 0 Å². The van der Waals surface area contributed by atoms with Crippen LogP contribution in [0.5, 0.6) is 0 Å². The van der Waals surface area contributed by atoms with E-state index in [4.69, 9.17) is 4.74 Å². The first-order valence-corrected chi connectivity index (χ1v) is 5.04. The van der Waals surface area contributed by atoms with E-state index in [0.29, 0.717) is 13.0 Å². The lowest BCUT2D eigenvalue weighted by molar-refractivity contribution is -0.124. The molecule has 0 aliphatic carbocycles. The van der Waals surface area contributed by atoms with Gasteiger partial charge in [-0.25, -0.2) is 8.78 Å². The number of carbonyl (C=O) groups excluding carboxylic acids is 1. The summed E-state index contributed by atoms with van der Waals surface area (Å²) in [4.78, 5) is 11.6. The number of carbonyl (C=O) groups is 1.